The first kappa shape index (κ1) is 23.1. The number of carbonyl (C=O) groups excluding carboxylic acids is 1. The lowest BCUT2D eigenvalue weighted by atomic mass is 9.96. The fraction of sp³-hybridized carbons (Fsp3) is 0.409. The fourth-order valence-electron chi connectivity index (χ4n) is 3.68. The van der Waals surface area contributed by atoms with Crippen molar-refractivity contribution < 1.29 is 13.2 Å². The maximum absolute atomic E-state index is 13.0. The van der Waals surface area contributed by atoms with Crippen LogP contribution in [0.1, 0.15) is 31.7 Å². The van der Waals surface area contributed by atoms with Gasteiger partial charge in [0.25, 0.3) is 0 Å². The Balaban J connectivity index is 1.53. The highest BCUT2D eigenvalue weighted by Gasteiger charge is 2.34. The molecule has 162 valence electrons. The van der Waals surface area contributed by atoms with Gasteiger partial charge in [-0.2, -0.15) is 4.31 Å². The molecule has 0 saturated carbocycles. The second kappa shape index (κ2) is 10.1. The molecule has 2 aromatic carbocycles. The van der Waals surface area contributed by atoms with E-state index in [9.17, 15) is 13.2 Å². The van der Waals surface area contributed by atoms with Crippen molar-refractivity contribution >= 4 is 39.1 Å². The average Bonchev–Trinajstić information content (AvgIpc) is 2.73. The Kier molecular flexibility index (Phi) is 7.80. The molecule has 3 rings (SSSR count). The van der Waals surface area contributed by atoms with Gasteiger partial charge in [0.05, 0.1) is 10.0 Å². The zero-order valence-corrected chi connectivity index (χ0v) is 19.2. The van der Waals surface area contributed by atoms with Crippen LogP contribution in [0.2, 0.25) is 10.0 Å². The molecule has 0 unspecified atom stereocenters. The zero-order valence-electron chi connectivity index (χ0n) is 16.9. The van der Waals surface area contributed by atoms with Crippen LogP contribution in [0.25, 0.3) is 0 Å². The lowest BCUT2D eigenvalue weighted by Gasteiger charge is -2.31. The highest BCUT2D eigenvalue weighted by atomic mass is 35.5. The molecule has 0 radical (unpaired) electrons. The number of nitrogens with one attached hydrogen (secondary N) is 1. The number of amides is 1. The van der Waals surface area contributed by atoms with Crippen molar-refractivity contribution in [3.05, 3.63) is 64.1 Å². The molecular formula is C22H26Cl2N2O3S. The van der Waals surface area contributed by atoms with Crippen LogP contribution < -0.4 is 5.32 Å². The Morgan fingerprint density at radius 2 is 1.67 bits per heavy atom. The zero-order chi connectivity index (χ0) is 21.7. The van der Waals surface area contributed by atoms with Crippen LogP contribution in [0.5, 0.6) is 0 Å². The van der Waals surface area contributed by atoms with Gasteiger partial charge >= 0.3 is 0 Å². The molecule has 1 atom stereocenters. The Morgan fingerprint density at radius 1 is 1.07 bits per heavy atom. The van der Waals surface area contributed by atoms with Gasteiger partial charge < -0.3 is 5.32 Å². The van der Waals surface area contributed by atoms with E-state index >= 15 is 0 Å². The van der Waals surface area contributed by atoms with Gasteiger partial charge in [0.1, 0.15) is 4.90 Å². The first-order valence-electron chi connectivity index (χ1n) is 10.1. The first-order chi connectivity index (χ1) is 14.3. The third-order valence-corrected chi connectivity index (χ3v) is 8.29. The monoisotopic (exact) mass is 468 g/mol. The Bertz CT molecular complexity index is 955. The average molecular weight is 469 g/mol. The van der Waals surface area contributed by atoms with E-state index < -0.39 is 10.0 Å². The molecule has 30 heavy (non-hydrogen) atoms. The number of nitrogens with zero attached hydrogens (tertiary/aromatic N) is 1. The summed E-state index contributed by atoms with van der Waals surface area (Å²) in [6.45, 7) is 2.53. The van der Waals surface area contributed by atoms with Gasteiger partial charge in [-0.3, -0.25) is 4.79 Å². The molecule has 1 aliphatic heterocycles. The van der Waals surface area contributed by atoms with E-state index in [1.54, 1.807) is 6.07 Å². The van der Waals surface area contributed by atoms with Crippen molar-refractivity contribution in [2.24, 2.45) is 5.92 Å². The Morgan fingerprint density at radius 3 is 2.27 bits per heavy atom. The van der Waals surface area contributed by atoms with E-state index in [-0.39, 0.29) is 45.9 Å². The van der Waals surface area contributed by atoms with Gasteiger partial charge in [-0.1, -0.05) is 59.6 Å². The minimum Gasteiger partial charge on any atom is -0.353 e. The maximum atomic E-state index is 13.0. The van der Waals surface area contributed by atoms with Crippen molar-refractivity contribution in [2.75, 3.05) is 13.1 Å². The molecule has 0 aromatic heterocycles. The number of piperidine rings is 1. The third kappa shape index (κ3) is 5.55. The molecule has 1 saturated heterocycles. The van der Waals surface area contributed by atoms with Crippen molar-refractivity contribution in [3.63, 3.8) is 0 Å². The molecule has 0 spiro atoms. The minimum absolute atomic E-state index is 0.0108. The number of carbonyl (C=O) groups is 1. The molecule has 1 aliphatic rings. The van der Waals surface area contributed by atoms with Crippen molar-refractivity contribution in [2.45, 2.75) is 43.5 Å². The number of benzene rings is 2. The molecule has 5 nitrogen and oxygen atoms in total. The molecule has 1 fully saturated rings. The maximum Gasteiger partial charge on any atom is 0.246 e. The highest BCUT2D eigenvalue weighted by molar-refractivity contribution is 7.89. The minimum atomic E-state index is -3.80. The fourth-order valence-corrected chi connectivity index (χ4v) is 6.24. The van der Waals surface area contributed by atoms with Crippen molar-refractivity contribution in [1.82, 2.24) is 9.62 Å². The van der Waals surface area contributed by atoms with Gasteiger partial charge in [0, 0.05) is 25.0 Å². The van der Waals surface area contributed by atoms with E-state index in [0.29, 0.717) is 12.8 Å². The highest BCUT2D eigenvalue weighted by Crippen LogP contribution is 2.33. The van der Waals surface area contributed by atoms with E-state index in [1.807, 2.05) is 25.1 Å². The lowest BCUT2D eigenvalue weighted by Crippen LogP contribution is -2.45. The van der Waals surface area contributed by atoms with Crippen molar-refractivity contribution in [1.29, 1.82) is 0 Å². The van der Waals surface area contributed by atoms with Gasteiger partial charge in [0.15, 0.2) is 0 Å². The molecule has 1 N–H and O–H groups in total. The van der Waals surface area contributed by atoms with Gasteiger partial charge in [-0.25, -0.2) is 8.42 Å². The summed E-state index contributed by atoms with van der Waals surface area (Å²) in [7, 11) is -3.80. The van der Waals surface area contributed by atoms with Gasteiger partial charge in [0.2, 0.25) is 15.9 Å². The van der Waals surface area contributed by atoms with Gasteiger partial charge in [-0.05, 0) is 50.3 Å². The number of aryl methyl sites for hydroxylation is 1. The summed E-state index contributed by atoms with van der Waals surface area (Å²) >= 11 is 12.2. The molecule has 2 aromatic rings. The van der Waals surface area contributed by atoms with Crippen LogP contribution in [0.15, 0.2) is 53.4 Å². The van der Waals surface area contributed by atoms with Gasteiger partial charge in [-0.15, -0.1) is 0 Å². The quantitative estimate of drug-likeness (QED) is 0.648. The lowest BCUT2D eigenvalue weighted by molar-refractivity contribution is -0.126. The second-order valence-electron chi connectivity index (χ2n) is 7.66. The van der Waals surface area contributed by atoms with Crippen LogP contribution in [0.4, 0.5) is 0 Å². The van der Waals surface area contributed by atoms with Crippen LogP contribution >= 0.6 is 23.2 Å². The molecule has 8 heteroatoms. The molecule has 1 heterocycles. The van der Waals surface area contributed by atoms with Crippen molar-refractivity contribution in [3.8, 4) is 0 Å². The third-order valence-electron chi connectivity index (χ3n) is 5.44. The summed E-state index contributed by atoms with van der Waals surface area (Å²) < 4.78 is 27.3. The number of sulfonamides is 1. The Labute approximate surface area is 188 Å². The predicted octanol–water partition coefficient (Wildman–Crippen LogP) is 4.53. The molecule has 0 aliphatic carbocycles. The van der Waals surface area contributed by atoms with E-state index in [0.717, 1.165) is 12.8 Å². The van der Waals surface area contributed by atoms with Crippen LogP contribution in [0.3, 0.4) is 0 Å². The number of hydrogen-bond acceptors (Lipinski definition) is 3. The summed E-state index contributed by atoms with van der Waals surface area (Å²) in [5, 5.41) is 3.29. The standard InChI is InChI=1S/C22H26Cl2N2O3S/c1-16(10-11-17-6-3-2-4-7-17)25-22(27)18-12-14-26(15-13-18)30(28,29)21-19(23)8-5-9-20(21)24/h2-9,16,18H,10-15H2,1H3,(H,25,27)/t16-/m1/s1. The number of rotatable bonds is 7. The Hall–Kier alpha value is -1.60. The number of halogens is 2. The predicted molar refractivity (Wildman–Crippen MR) is 120 cm³/mol. The summed E-state index contributed by atoms with van der Waals surface area (Å²) in [6, 6.07) is 14.9. The summed E-state index contributed by atoms with van der Waals surface area (Å²) in [5.74, 6) is -0.208. The van der Waals surface area contributed by atoms with Crippen LogP contribution in [-0.4, -0.2) is 37.8 Å². The van der Waals surface area contributed by atoms with Crippen LogP contribution in [0, 0.1) is 5.92 Å². The van der Waals surface area contributed by atoms with Crippen LogP contribution in [-0.2, 0) is 21.2 Å². The van der Waals surface area contributed by atoms with E-state index in [4.69, 9.17) is 23.2 Å². The SMILES string of the molecule is C[C@H](CCc1ccccc1)NC(=O)C1CCN(S(=O)(=O)c2c(Cl)cccc2Cl)CC1. The summed E-state index contributed by atoms with van der Waals surface area (Å²) in [4.78, 5) is 12.6. The topological polar surface area (TPSA) is 66.5 Å². The summed E-state index contributed by atoms with van der Waals surface area (Å²) in [5.41, 5.74) is 1.25. The van der Waals surface area contributed by atoms with E-state index in [2.05, 4.69) is 17.4 Å². The summed E-state index contributed by atoms with van der Waals surface area (Å²) in [6.07, 6.45) is 2.70. The molecule has 0 bridgehead atoms. The largest absolute Gasteiger partial charge is 0.353 e. The number of hydrogen-bond donors (Lipinski definition) is 1. The smallest absolute Gasteiger partial charge is 0.246 e. The second-order valence-corrected chi connectivity index (χ2v) is 10.4. The molecular weight excluding hydrogens is 443 g/mol. The molecule has 1 amide bonds. The van der Waals surface area contributed by atoms with E-state index in [1.165, 1.54) is 22.0 Å². The first-order valence-corrected chi connectivity index (χ1v) is 12.3. The normalized spacial score (nSPS) is 16.9.